The number of sulfone groups is 1. The summed E-state index contributed by atoms with van der Waals surface area (Å²) >= 11 is 0. The Morgan fingerprint density at radius 3 is 2.38 bits per heavy atom. The molecule has 0 aromatic heterocycles. The van der Waals surface area contributed by atoms with Crippen LogP contribution in [0.2, 0.25) is 0 Å². The van der Waals surface area contributed by atoms with Crippen LogP contribution in [0.15, 0.2) is 47.4 Å². The third-order valence-corrected chi connectivity index (χ3v) is 8.34. The summed E-state index contributed by atoms with van der Waals surface area (Å²) in [7, 11) is -8.18. The maximum Gasteiger partial charge on any atom is 0.335 e. The van der Waals surface area contributed by atoms with Gasteiger partial charge >= 0.3 is 5.97 Å². The van der Waals surface area contributed by atoms with Gasteiger partial charge in [0.05, 0.1) is 39.8 Å². The van der Waals surface area contributed by atoms with E-state index < -0.39 is 49.5 Å². The lowest BCUT2D eigenvalue weighted by Crippen LogP contribution is -2.47. The van der Waals surface area contributed by atoms with Crippen molar-refractivity contribution in [2.45, 2.75) is 24.0 Å². The van der Waals surface area contributed by atoms with Gasteiger partial charge in [0, 0.05) is 6.07 Å². The van der Waals surface area contributed by atoms with Crippen molar-refractivity contribution in [2.24, 2.45) is 0 Å². The molecular formula is C18H19NO8S2. The molecule has 0 spiro atoms. The molecule has 1 saturated heterocycles. The number of aromatic hydroxyl groups is 1. The number of phenols is 1. The van der Waals surface area contributed by atoms with Crippen LogP contribution in [0, 0.1) is 6.92 Å². The number of carboxylic acid groups (broad SMARTS) is 1. The normalized spacial score (nSPS) is 21.0. The fraction of sp³-hybridized carbons (Fsp3) is 0.278. The number of phenolic OH excluding ortho intramolecular Hbond substituents is 1. The second-order valence-electron chi connectivity index (χ2n) is 6.82. The van der Waals surface area contributed by atoms with Gasteiger partial charge in [0.1, 0.15) is 5.75 Å². The molecule has 1 aliphatic heterocycles. The van der Waals surface area contributed by atoms with E-state index in [-0.39, 0.29) is 27.5 Å². The highest BCUT2D eigenvalue weighted by atomic mass is 32.2. The molecule has 11 heteroatoms. The summed E-state index contributed by atoms with van der Waals surface area (Å²) in [6, 6.07) is 7.41. The largest absolute Gasteiger partial charge is 0.508 e. The number of aryl methyl sites for hydroxylation is 1. The monoisotopic (exact) mass is 441 g/mol. The van der Waals surface area contributed by atoms with Crippen LogP contribution in [0.4, 0.5) is 5.69 Å². The zero-order chi connectivity index (χ0) is 21.6. The lowest BCUT2D eigenvalue weighted by molar-refractivity contribution is 0.0696. The number of aromatic carboxylic acids is 1. The minimum absolute atomic E-state index is 0.0497. The Hall–Kier alpha value is -2.63. The summed E-state index contributed by atoms with van der Waals surface area (Å²) in [6.07, 6.45) is -1.49. The van der Waals surface area contributed by atoms with Gasteiger partial charge in [-0.05, 0) is 36.8 Å². The van der Waals surface area contributed by atoms with Crippen LogP contribution in [0.1, 0.15) is 15.9 Å². The summed E-state index contributed by atoms with van der Waals surface area (Å²) in [4.78, 5) is 11.0. The molecule has 0 amide bonds. The summed E-state index contributed by atoms with van der Waals surface area (Å²) in [5.74, 6) is -2.79. The van der Waals surface area contributed by atoms with Crippen molar-refractivity contribution in [3.63, 3.8) is 0 Å². The van der Waals surface area contributed by atoms with Crippen LogP contribution in [-0.2, 0) is 19.9 Å². The number of aliphatic hydroxyl groups is 1. The smallest absolute Gasteiger partial charge is 0.335 e. The molecule has 0 unspecified atom stereocenters. The SMILES string of the molecule is Cc1ccc(C(=O)O)cc1S(=O)(=O)N(c1cccc(O)c1)[C@H]1CS(=O)(=O)C[C@@H]1O. The topological polar surface area (TPSA) is 149 Å². The van der Waals surface area contributed by atoms with Gasteiger partial charge < -0.3 is 15.3 Å². The highest BCUT2D eigenvalue weighted by Crippen LogP contribution is 2.34. The van der Waals surface area contributed by atoms with E-state index in [0.29, 0.717) is 0 Å². The molecule has 0 radical (unpaired) electrons. The maximum absolute atomic E-state index is 13.5. The molecule has 3 rings (SSSR count). The predicted octanol–water partition coefficient (Wildman–Crippen LogP) is 0.752. The van der Waals surface area contributed by atoms with Crippen LogP contribution in [0.25, 0.3) is 0 Å². The second-order valence-corrected chi connectivity index (χ2v) is 10.8. The van der Waals surface area contributed by atoms with Gasteiger partial charge in [0.2, 0.25) is 0 Å². The van der Waals surface area contributed by atoms with Gasteiger partial charge in [0.15, 0.2) is 9.84 Å². The quantitative estimate of drug-likeness (QED) is 0.615. The third kappa shape index (κ3) is 4.07. The molecule has 2 atom stereocenters. The summed E-state index contributed by atoms with van der Waals surface area (Å²) in [5, 5.41) is 29.3. The molecule has 2 aromatic rings. The fourth-order valence-electron chi connectivity index (χ4n) is 3.29. The Morgan fingerprint density at radius 1 is 1.14 bits per heavy atom. The molecule has 1 heterocycles. The third-order valence-electron chi connectivity index (χ3n) is 4.65. The van der Waals surface area contributed by atoms with E-state index >= 15 is 0 Å². The van der Waals surface area contributed by atoms with Crippen LogP contribution >= 0.6 is 0 Å². The first-order valence-corrected chi connectivity index (χ1v) is 11.7. The molecule has 0 bridgehead atoms. The Kier molecular flexibility index (Phi) is 5.32. The Balaban J connectivity index is 2.24. The van der Waals surface area contributed by atoms with E-state index in [9.17, 15) is 36.9 Å². The Bertz CT molecular complexity index is 1170. The summed E-state index contributed by atoms with van der Waals surface area (Å²) in [6.45, 7) is 1.47. The zero-order valence-electron chi connectivity index (χ0n) is 15.3. The van der Waals surface area contributed by atoms with Crippen LogP contribution in [-0.4, -0.2) is 61.8 Å². The molecule has 0 saturated carbocycles. The van der Waals surface area contributed by atoms with Crippen molar-refractivity contribution >= 4 is 31.5 Å². The number of anilines is 1. The fourth-order valence-corrected chi connectivity index (χ4v) is 7.08. The number of aliphatic hydroxyl groups excluding tert-OH is 1. The van der Waals surface area contributed by atoms with Crippen molar-refractivity contribution < 1.29 is 36.9 Å². The van der Waals surface area contributed by atoms with Crippen LogP contribution in [0.5, 0.6) is 5.75 Å². The van der Waals surface area contributed by atoms with E-state index in [1.807, 2.05) is 0 Å². The number of hydrogen-bond donors (Lipinski definition) is 3. The highest BCUT2D eigenvalue weighted by Gasteiger charge is 2.45. The van der Waals surface area contributed by atoms with Crippen molar-refractivity contribution in [2.75, 3.05) is 15.8 Å². The average Bonchev–Trinajstić information content (AvgIpc) is 2.87. The lowest BCUT2D eigenvalue weighted by atomic mass is 10.1. The number of nitrogens with zero attached hydrogens (tertiary/aromatic N) is 1. The molecule has 29 heavy (non-hydrogen) atoms. The van der Waals surface area contributed by atoms with E-state index in [1.54, 1.807) is 0 Å². The van der Waals surface area contributed by atoms with Gasteiger partial charge in [-0.15, -0.1) is 0 Å². The number of carboxylic acids is 1. The van der Waals surface area contributed by atoms with E-state index in [2.05, 4.69) is 0 Å². The summed E-state index contributed by atoms with van der Waals surface area (Å²) in [5.41, 5.74) is -0.0635. The van der Waals surface area contributed by atoms with Crippen LogP contribution in [0.3, 0.4) is 0 Å². The van der Waals surface area contributed by atoms with Crippen molar-refractivity contribution in [1.82, 2.24) is 0 Å². The lowest BCUT2D eigenvalue weighted by Gasteiger charge is -2.32. The van der Waals surface area contributed by atoms with Crippen molar-refractivity contribution in [3.8, 4) is 5.75 Å². The number of carbonyl (C=O) groups is 1. The highest BCUT2D eigenvalue weighted by molar-refractivity contribution is 7.93. The van der Waals surface area contributed by atoms with Gasteiger partial charge in [-0.25, -0.2) is 21.6 Å². The minimum atomic E-state index is -4.49. The van der Waals surface area contributed by atoms with Gasteiger partial charge in [-0.1, -0.05) is 12.1 Å². The first kappa shape index (κ1) is 21.1. The Labute approximate surface area is 167 Å². The van der Waals surface area contributed by atoms with Crippen LogP contribution < -0.4 is 4.31 Å². The van der Waals surface area contributed by atoms with Crippen molar-refractivity contribution in [1.29, 1.82) is 0 Å². The van der Waals surface area contributed by atoms with Gasteiger partial charge in [-0.2, -0.15) is 0 Å². The molecule has 1 aliphatic rings. The number of sulfonamides is 1. The summed E-state index contributed by atoms with van der Waals surface area (Å²) < 4.78 is 51.8. The first-order valence-electron chi connectivity index (χ1n) is 8.48. The number of hydrogen-bond acceptors (Lipinski definition) is 7. The predicted molar refractivity (Wildman–Crippen MR) is 104 cm³/mol. The molecule has 1 fully saturated rings. The number of benzene rings is 2. The molecular weight excluding hydrogens is 422 g/mol. The molecule has 3 N–H and O–H groups in total. The molecule has 0 aliphatic carbocycles. The molecule has 9 nitrogen and oxygen atoms in total. The zero-order valence-corrected chi connectivity index (χ0v) is 16.9. The Morgan fingerprint density at radius 2 is 1.83 bits per heavy atom. The average molecular weight is 441 g/mol. The van der Waals surface area contributed by atoms with Gasteiger partial charge in [0.25, 0.3) is 10.0 Å². The van der Waals surface area contributed by atoms with E-state index in [4.69, 9.17) is 0 Å². The van der Waals surface area contributed by atoms with Crippen molar-refractivity contribution in [3.05, 3.63) is 53.6 Å². The first-order chi connectivity index (χ1) is 13.4. The number of rotatable bonds is 5. The van der Waals surface area contributed by atoms with Gasteiger partial charge in [-0.3, -0.25) is 4.31 Å². The van der Waals surface area contributed by atoms with E-state index in [0.717, 1.165) is 16.4 Å². The second kappa shape index (κ2) is 7.32. The maximum atomic E-state index is 13.5. The van der Waals surface area contributed by atoms with E-state index in [1.165, 1.54) is 37.3 Å². The molecule has 2 aromatic carbocycles. The molecule has 156 valence electrons. The minimum Gasteiger partial charge on any atom is -0.508 e. The standard InChI is InChI=1S/C18H19NO8S2/c1-11-5-6-12(18(22)23)7-17(11)29(26,27)19(13-3-2-4-14(20)8-13)15-9-28(24,25)10-16(15)21/h2-8,15-16,20-21H,9-10H2,1H3,(H,22,23)/t15-,16-/m0/s1.